The van der Waals surface area contributed by atoms with Crippen LogP contribution in [0.5, 0.6) is 0 Å². The van der Waals surface area contributed by atoms with Gasteiger partial charge in [-0.05, 0) is 50.6 Å². The van der Waals surface area contributed by atoms with Crippen molar-refractivity contribution in [3.8, 4) is 0 Å². The zero-order chi connectivity index (χ0) is 16.1. The second-order valence-electron chi connectivity index (χ2n) is 5.61. The molecule has 1 saturated heterocycles. The van der Waals surface area contributed by atoms with Crippen molar-refractivity contribution in [1.29, 1.82) is 0 Å². The highest BCUT2D eigenvalue weighted by atomic mass is 35.5. The van der Waals surface area contributed by atoms with Gasteiger partial charge >= 0.3 is 0 Å². The Morgan fingerprint density at radius 3 is 2.55 bits per heavy atom. The average Bonchev–Trinajstić information content (AvgIpc) is 2.50. The lowest BCUT2D eigenvalue weighted by atomic mass is 10.1. The maximum atomic E-state index is 12.3. The van der Waals surface area contributed by atoms with E-state index >= 15 is 0 Å². The Morgan fingerprint density at radius 1 is 1.23 bits per heavy atom. The molecular formula is C16H22ClN3O2. The number of hydrogen-bond acceptors (Lipinski definition) is 3. The van der Waals surface area contributed by atoms with Crippen molar-refractivity contribution in [2.75, 3.05) is 32.0 Å². The molecule has 120 valence electrons. The summed E-state index contributed by atoms with van der Waals surface area (Å²) in [5.41, 5.74) is 1.70. The van der Waals surface area contributed by atoms with Crippen LogP contribution in [0.1, 0.15) is 35.2 Å². The molecule has 6 heteroatoms. The summed E-state index contributed by atoms with van der Waals surface area (Å²) in [5.74, 6) is -0.364. The van der Waals surface area contributed by atoms with Gasteiger partial charge in [0.05, 0.1) is 17.8 Å². The van der Waals surface area contributed by atoms with Crippen LogP contribution in [0.4, 0.5) is 5.69 Å². The fourth-order valence-electron chi connectivity index (χ4n) is 2.72. The number of nitrogens with zero attached hydrogens (tertiary/aromatic N) is 1. The molecular weight excluding hydrogens is 302 g/mol. The largest absolute Gasteiger partial charge is 0.355 e. The minimum absolute atomic E-state index is 0.0996. The lowest BCUT2D eigenvalue weighted by molar-refractivity contribution is -0.117. The van der Waals surface area contributed by atoms with Crippen molar-refractivity contribution < 1.29 is 9.59 Å². The molecule has 22 heavy (non-hydrogen) atoms. The Hall–Kier alpha value is -1.59. The second kappa shape index (κ2) is 7.61. The zero-order valence-corrected chi connectivity index (χ0v) is 13.8. The van der Waals surface area contributed by atoms with Crippen LogP contribution in [0.3, 0.4) is 0 Å². The standard InChI is InChI=1S/C16H22ClN3O2/c1-11-8-12(17)9-13(16(22)18-2)15(11)19-14(21)10-20-6-4-3-5-7-20/h8-9H,3-7,10H2,1-2H3,(H,18,22)(H,19,21). The lowest BCUT2D eigenvalue weighted by Crippen LogP contribution is -2.37. The quantitative estimate of drug-likeness (QED) is 0.894. The summed E-state index contributed by atoms with van der Waals surface area (Å²) in [7, 11) is 1.55. The first-order valence-electron chi connectivity index (χ1n) is 7.55. The van der Waals surface area contributed by atoms with Gasteiger partial charge in [-0.3, -0.25) is 14.5 Å². The van der Waals surface area contributed by atoms with E-state index in [2.05, 4.69) is 15.5 Å². The SMILES string of the molecule is CNC(=O)c1cc(Cl)cc(C)c1NC(=O)CN1CCCCC1. The number of benzene rings is 1. The van der Waals surface area contributed by atoms with Crippen molar-refractivity contribution >= 4 is 29.1 Å². The molecule has 1 aromatic rings. The molecule has 5 nitrogen and oxygen atoms in total. The maximum Gasteiger partial charge on any atom is 0.253 e. The number of rotatable bonds is 4. The van der Waals surface area contributed by atoms with E-state index in [1.807, 2.05) is 6.92 Å². The van der Waals surface area contributed by atoms with Crippen LogP contribution in [0.25, 0.3) is 0 Å². The Balaban J connectivity index is 2.13. The fraction of sp³-hybridized carbons (Fsp3) is 0.500. The summed E-state index contributed by atoms with van der Waals surface area (Å²) in [6.07, 6.45) is 3.50. The fourth-order valence-corrected chi connectivity index (χ4v) is 3.00. The van der Waals surface area contributed by atoms with Crippen molar-refractivity contribution in [2.45, 2.75) is 26.2 Å². The molecule has 0 aromatic heterocycles. The Kier molecular flexibility index (Phi) is 5.80. The third kappa shape index (κ3) is 4.21. The van der Waals surface area contributed by atoms with Gasteiger partial charge in [-0.2, -0.15) is 0 Å². The minimum Gasteiger partial charge on any atom is -0.355 e. The predicted octanol–water partition coefficient (Wildman–Crippen LogP) is 2.43. The molecule has 1 aliphatic rings. The maximum absolute atomic E-state index is 12.3. The molecule has 0 bridgehead atoms. The number of amides is 2. The Morgan fingerprint density at radius 2 is 1.91 bits per heavy atom. The van der Waals surface area contributed by atoms with E-state index in [1.54, 1.807) is 19.2 Å². The normalized spacial score (nSPS) is 15.4. The highest BCUT2D eigenvalue weighted by molar-refractivity contribution is 6.31. The highest BCUT2D eigenvalue weighted by Gasteiger charge is 2.18. The molecule has 2 rings (SSSR count). The van der Waals surface area contributed by atoms with Gasteiger partial charge in [0.1, 0.15) is 0 Å². The van der Waals surface area contributed by atoms with Crippen LogP contribution < -0.4 is 10.6 Å². The van der Waals surface area contributed by atoms with Crippen LogP contribution in [0, 0.1) is 6.92 Å². The number of anilines is 1. The first kappa shape index (κ1) is 16.8. The van der Waals surface area contributed by atoms with Crippen molar-refractivity contribution in [3.05, 3.63) is 28.3 Å². The molecule has 1 aromatic carbocycles. The highest BCUT2D eigenvalue weighted by Crippen LogP contribution is 2.25. The van der Waals surface area contributed by atoms with Gasteiger partial charge in [0.25, 0.3) is 5.91 Å². The van der Waals surface area contributed by atoms with E-state index in [-0.39, 0.29) is 11.8 Å². The number of carbonyl (C=O) groups is 2. The molecule has 0 aliphatic carbocycles. The van der Waals surface area contributed by atoms with Crippen LogP contribution >= 0.6 is 11.6 Å². The number of likely N-dealkylation sites (tertiary alicyclic amines) is 1. The molecule has 0 radical (unpaired) electrons. The van der Waals surface area contributed by atoms with Crippen LogP contribution in [0.15, 0.2) is 12.1 Å². The zero-order valence-electron chi connectivity index (χ0n) is 13.0. The average molecular weight is 324 g/mol. The summed E-state index contributed by atoms with van der Waals surface area (Å²) in [4.78, 5) is 26.4. The predicted molar refractivity (Wildman–Crippen MR) is 88.5 cm³/mol. The topological polar surface area (TPSA) is 61.4 Å². The number of hydrogen-bond donors (Lipinski definition) is 2. The lowest BCUT2D eigenvalue weighted by Gasteiger charge is -2.26. The van der Waals surface area contributed by atoms with Crippen LogP contribution in [0.2, 0.25) is 5.02 Å². The Labute approximate surface area is 136 Å². The van der Waals surface area contributed by atoms with E-state index < -0.39 is 0 Å². The monoisotopic (exact) mass is 323 g/mol. The van der Waals surface area contributed by atoms with Crippen molar-refractivity contribution in [3.63, 3.8) is 0 Å². The van der Waals surface area contributed by atoms with Gasteiger partial charge in [-0.1, -0.05) is 18.0 Å². The van der Waals surface area contributed by atoms with Gasteiger partial charge < -0.3 is 10.6 Å². The third-order valence-electron chi connectivity index (χ3n) is 3.85. The van der Waals surface area contributed by atoms with E-state index in [4.69, 9.17) is 11.6 Å². The molecule has 1 heterocycles. The van der Waals surface area contributed by atoms with E-state index in [1.165, 1.54) is 6.42 Å². The molecule has 0 unspecified atom stereocenters. The summed E-state index contributed by atoms with van der Waals surface area (Å²) in [5, 5.41) is 5.92. The smallest absolute Gasteiger partial charge is 0.253 e. The number of nitrogens with one attached hydrogen (secondary N) is 2. The molecule has 0 spiro atoms. The molecule has 1 aliphatic heterocycles. The summed E-state index contributed by atoms with van der Waals surface area (Å²) >= 11 is 6.01. The van der Waals surface area contributed by atoms with E-state index in [0.29, 0.717) is 22.8 Å². The summed E-state index contributed by atoms with van der Waals surface area (Å²) in [6.45, 7) is 4.09. The Bertz CT molecular complexity index is 569. The number of carbonyl (C=O) groups excluding carboxylic acids is 2. The van der Waals surface area contributed by atoms with Crippen LogP contribution in [-0.2, 0) is 4.79 Å². The first-order valence-corrected chi connectivity index (χ1v) is 7.93. The van der Waals surface area contributed by atoms with Crippen molar-refractivity contribution in [1.82, 2.24) is 10.2 Å². The minimum atomic E-state index is -0.265. The van der Waals surface area contributed by atoms with E-state index in [0.717, 1.165) is 31.5 Å². The summed E-state index contributed by atoms with van der Waals surface area (Å²) < 4.78 is 0. The number of halogens is 1. The molecule has 0 atom stereocenters. The molecule has 2 amide bonds. The van der Waals surface area contributed by atoms with Gasteiger partial charge in [0.15, 0.2) is 0 Å². The van der Waals surface area contributed by atoms with E-state index in [9.17, 15) is 9.59 Å². The van der Waals surface area contributed by atoms with Gasteiger partial charge in [-0.15, -0.1) is 0 Å². The summed E-state index contributed by atoms with van der Waals surface area (Å²) in [6, 6.07) is 3.31. The third-order valence-corrected chi connectivity index (χ3v) is 4.07. The molecule has 0 saturated carbocycles. The molecule has 1 fully saturated rings. The second-order valence-corrected chi connectivity index (χ2v) is 6.05. The molecule has 2 N–H and O–H groups in total. The first-order chi connectivity index (χ1) is 10.5. The van der Waals surface area contributed by atoms with Crippen LogP contribution in [-0.4, -0.2) is 43.4 Å². The van der Waals surface area contributed by atoms with Gasteiger partial charge in [0, 0.05) is 12.1 Å². The van der Waals surface area contributed by atoms with Crippen molar-refractivity contribution in [2.24, 2.45) is 0 Å². The van der Waals surface area contributed by atoms with Gasteiger partial charge in [0.2, 0.25) is 5.91 Å². The number of piperidine rings is 1. The number of aryl methyl sites for hydroxylation is 1. The van der Waals surface area contributed by atoms with Gasteiger partial charge in [-0.25, -0.2) is 0 Å².